The van der Waals surface area contributed by atoms with Crippen LogP contribution in [-0.2, 0) is 4.79 Å². The maximum atomic E-state index is 12.9. The first-order valence-electron chi connectivity index (χ1n) is 9.58. The van der Waals surface area contributed by atoms with Crippen molar-refractivity contribution in [3.05, 3.63) is 29.3 Å². The molecule has 2 fully saturated rings. The van der Waals surface area contributed by atoms with Gasteiger partial charge in [0.05, 0.1) is 0 Å². The molecule has 0 aromatic heterocycles. The van der Waals surface area contributed by atoms with Gasteiger partial charge in [0.2, 0.25) is 8.32 Å². The maximum absolute atomic E-state index is 12.9. The van der Waals surface area contributed by atoms with E-state index in [1.54, 1.807) is 0 Å². The summed E-state index contributed by atoms with van der Waals surface area (Å²) in [4.78, 5) is 25.3. The van der Waals surface area contributed by atoms with Crippen LogP contribution < -0.4 is 4.43 Å². The van der Waals surface area contributed by atoms with Crippen LogP contribution in [0.3, 0.4) is 0 Å². The highest BCUT2D eigenvalue weighted by atomic mass is 28.4. The van der Waals surface area contributed by atoms with Gasteiger partial charge in [-0.05, 0) is 74.4 Å². The van der Waals surface area contributed by atoms with Gasteiger partial charge in [0, 0.05) is 23.8 Å². The van der Waals surface area contributed by atoms with Crippen LogP contribution in [0.4, 0.5) is 0 Å². The lowest BCUT2D eigenvalue weighted by molar-refractivity contribution is -0.129. The van der Waals surface area contributed by atoms with Crippen LogP contribution in [0.15, 0.2) is 18.2 Å². The van der Waals surface area contributed by atoms with Gasteiger partial charge >= 0.3 is 0 Å². The van der Waals surface area contributed by atoms with Gasteiger partial charge in [0.15, 0.2) is 5.78 Å². The van der Waals surface area contributed by atoms with Crippen LogP contribution >= 0.6 is 0 Å². The number of fused-ring (bicyclic) bond motifs is 5. The zero-order valence-corrected chi connectivity index (χ0v) is 16.7. The molecule has 3 aliphatic carbocycles. The molecule has 0 amide bonds. The van der Waals surface area contributed by atoms with Crippen molar-refractivity contribution in [2.24, 2.45) is 17.3 Å². The van der Waals surface area contributed by atoms with Gasteiger partial charge in [-0.2, -0.15) is 0 Å². The van der Waals surface area contributed by atoms with Gasteiger partial charge in [0.1, 0.15) is 11.5 Å². The van der Waals surface area contributed by atoms with Crippen LogP contribution in [0.1, 0.15) is 60.9 Å². The Morgan fingerprint density at radius 1 is 1.16 bits per heavy atom. The van der Waals surface area contributed by atoms with Gasteiger partial charge in [-0.15, -0.1) is 0 Å². The number of carbonyl (C=O) groups is 2. The van der Waals surface area contributed by atoms with Crippen molar-refractivity contribution in [2.75, 3.05) is 0 Å². The number of hydrogen-bond donors (Lipinski definition) is 0. The summed E-state index contributed by atoms with van der Waals surface area (Å²) in [6, 6.07) is 6.14. The third-order valence-electron chi connectivity index (χ3n) is 6.72. The first kappa shape index (κ1) is 17.0. The third-order valence-corrected chi connectivity index (χ3v) is 7.56. The van der Waals surface area contributed by atoms with E-state index in [-0.39, 0.29) is 11.2 Å². The average Bonchev–Trinajstić information content (AvgIpc) is 2.82. The number of ketones is 2. The maximum Gasteiger partial charge on any atom is 0.242 e. The van der Waals surface area contributed by atoms with Crippen LogP contribution in [0.25, 0.3) is 0 Å². The highest BCUT2D eigenvalue weighted by molar-refractivity contribution is 6.70. The van der Waals surface area contributed by atoms with E-state index in [2.05, 4.69) is 32.6 Å². The summed E-state index contributed by atoms with van der Waals surface area (Å²) in [5.41, 5.74) is 1.88. The van der Waals surface area contributed by atoms with Gasteiger partial charge in [-0.25, -0.2) is 0 Å². The summed E-state index contributed by atoms with van der Waals surface area (Å²) < 4.78 is 6.09. The molecule has 4 unspecified atom stereocenters. The topological polar surface area (TPSA) is 43.4 Å². The molecule has 0 N–H and O–H groups in total. The van der Waals surface area contributed by atoms with E-state index in [1.165, 1.54) is 5.56 Å². The number of Topliss-reactive ketones (excluding diaryl/α,β-unsaturated/α-hetero) is 2. The predicted molar refractivity (Wildman–Crippen MR) is 101 cm³/mol. The molecule has 3 aliphatic rings. The van der Waals surface area contributed by atoms with Crippen molar-refractivity contribution >= 4 is 19.9 Å². The highest BCUT2D eigenvalue weighted by Crippen LogP contribution is 2.59. The fraction of sp³-hybridized carbons (Fsp3) is 0.619. The fourth-order valence-corrected chi connectivity index (χ4v) is 6.40. The summed E-state index contributed by atoms with van der Waals surface area (Å²) in [5.74, 6) is 2.65. The molecule has 134 valence electrons. The van der Waals surface area contributed by atoms with Crippen LogP contribution in [0, 0.1) is 17.3 Å². The number of benzene rings is 1. The van der Waals surface area contributed by atoms with Gasteiger partial charge in [-0.1, -0.05) is 13.0 Å². The normalized spacial score (nSPS) is 34.3. The summed E-state index contributed by atoms with van der Waals surface area (Å²) in [6.45, 7) is 8.62. The van der Waals surface area contributed by atoms with E-state index < -0.39 is 8.32 Å². The molecule has 0 saturated heterocycles. The largest absolute Gasteiger partial charge is 0.544 e. The van der Waals surface area contributed by atoms with Crippen LogP contribution in [0.5, 0.6) is 5.75 Å². The Balaban J connectivity index is 1.69. The molecule has 0 radical (unpaired) electrons. The second-order valence-corrected chi connectivity index (χ2v) is 13.8. The van der Waals surface area contributed by atoms with E-state index in [4.69, 9.17) is 4.43 Å². The summed E-state index contributed by atoms with van der Waals surface area (Å²) in [5, 5.41) is 0. The van der Waals surface area contributed by atoms with Crippen molar-refractivity contribution < 1.29 is 14.0 Å². The minimum atomic E-state index is -1.68. The smallest absolute Gasteiger partial charge is 0.242 e. The Labute approximate surface area is 151 Å². The molecule has 3 nitrogen and oxygen atoms in total. The van der Waals surface area contributed by atoms with Gasteiger partial charge in [-0.3, -0.25) is 9.59 Å². The lowest BCUT2D eigenvalue weighted by Crippen LogP contribution is -2.43. The molecule has 2 saturated carbocycles. The number of hydrogen-bond acceptors (Lipinski definition) is 3. The molecular weight excluding hydrogens is 328 g/mol. The van der Waals surface area contributed by atoms with Gasteiger partial charge < -0.3 is 4.43 Å². The molecule has 1 aromatic carbocycles. The monoisotopic (exact) mass is 356 g/mol. The first-order valence-corrected chi connectivity index (χ1v) is 13.0. The Kier molecular flexibility index (Phi) is 3.77. The van der Waals surface area contributed by atoms with E-state index in [0.29, 0.717) is 36.4 Å². The predicted octanol–water partition coefficient (Wildman–Crippen LogP) is 4.97. The lowest BCUT2D eigenvalue weighted by Gasteiger charge is -2.47. The molecular formula is C21H28O3Si. The fourth-order valence-electron chi connectivity index (χ4n) is 5.57. The summed E-state index contributed by atoms with van der Waals surface area (Å²) >= 11 is 0. The van der Waals surface area contributed by atoms with Crippen LogP contribution in [-0.4, -0.2) is 19.9 Å². The summed E-state index contributed by atoms with van der Waals surface area (Å²) in [6.07, 6.45) is 4.27. The van der Waals surface area contributed by atoms with E-state index in [0.717, 1.165) is 30.6 Å². The Hall–Kier alpha value is -1.42. The molecule has 0 bridgehead atoms. The van der Waals surface area contributed by atoms with E-state index >= 15 is 0 Å². The molecule has 4 rings (SSSR count). The number of rotatable bonds is 2. The standard InChI is InChI=1S/C21H28O3Si/c1-21-10-9-15-14-6-5-13(24-25(2,3)4)11-17(14)19(22)12-16(15)18(21)7-8-20(21)23/h5-6,11,15-16,18H,7-10,12H2,1-4H3. The lowest BCUT2D eigenvalue weighted by atomic mass is 9.55. The van der Waals surface area contributed by atoms with Crippen LogP contribution in [0.2, 0.25) is 19.6 Å². The summed E-state index contributed by atoms with van der Waals surface area (Å²) in [7, 11) is -1.68. The Morgan fingerprint density at radius 3 is 2.64 bits per heavy atom. The van der Waals surface area contributed by atoms with Crippen molar-refractivity contribution in [3.63, 3.8) is 0 Å². The van der Waals surface area contributed by atoms with Crippen molar-refractivity contribution in [3.8, 4) is 5.75 Å². The molecule has 1 aromatic rings. The average molecular weight is 357 g/mol. The first-order chi connectivity index (χ1) is 11.7. The zero-order chi connectivity index (χ0) is 18.0. The van der Waals surface area contributed by atoms with E-state index in [9.17, 15) is 9.59 Å². The Bertz CT molecular complexity index is 748. The molecule has 0 spiro atoms. The second-order valence-electron chi connectivity index (χ2n) is 9.39. The molecule has 25 heavy (non-hydrogen) atoms. The number of carbonyl (C=O) groups excluding carboxylic acids is 2. The van der Waals surface area contributed by atoms with Crippen molar-refractivity contribution in [1.82, 2.24) is 0 Å². The van der Waals surface area contributed by atoms with Crippen molar-refractivity contribution in [1.29, 1.82) is 0 Å². The third kappa shape index (κ3) is 2.69. The second kappa shape index (κ2) is 5.54. The molecule has 0 heterocycles. The quantitative estimate of drug-likeness (QED) is 0.703. The van der Waals surface area contributed by atoms with Gasteiger partial charge in [0.25, 0.3) is 0 Å². The Morgan fingerprint density at radius 2 is 1.92 bits per heavy atom. The molecule has 4 atom stereocenters. The minimum absolute atomic E-state index is 0.181. The molecule has 4 heteroatoms. The minimum Gasteiger partial charge on any atom is -0.544 e. The zero-order valence-electron chi connectivity index (χ0n) is 15.7. The molecule has 0 aliphatic heterocycles. The highest BCUT2D eigenvalue weighted by Gasteiger charge is 2.55. The van der Waals surface area contributed by atoms with E-state index in [1.807, 2.05) is 12.1 Å². The van der Waals surface area contributed by atoms with Crippen molar-refractivity contribution in [2.45, 2.75) is 64.6 Å². The SMILES string of the molecule is CC12CCC3c4ccc(O[Si](C)(C)C)cc4C(=O)CC3C1CCC2=O.